The molecule has 0 bridgehead atoms. The molecule has 0 saturated heterocycles. The first-order chi connectivity index (χ1) is 13.8. The summed E-state index contributed by atoms with van der Waals surface area (Å²) in [5.74, 6) is -5.20. The summed E-state index contributed by atoms with van der Waals surface area (Å²) in [4.78, 5) is 51.7. The number of ketones is 2. The summed E-state index contributed by atoms with van der Waals surface area (Å²) in [6, 6.07) is 7.52. The molecule has 2 N–H and O–H groups in total. The van der Waals surface area contributed by atoms with Crippen LogP contribution in [-0.4, -0.2) is 36.7 Å². The summed E-state index contributed by atoms with van der Waals surface area (Å²) in [6.07, 6.45) is 0. The van der Waals surface area contributed by atoms with Crippen LogP contribution in [0.15, 0.2) is 47.1 Å². The average molecular weight is 396 g/mol. The molecule has 1 aliphatic carbocycles. The maximum Gasteiger partial charge on any atom is 0.342 e. The van der Waals surface area contributed by atoms with E-state index in [0.717, 1.165) is 0 Å². The Hall–Kier alpha value is -3.93. The number of hydrogen-bond donors (Lipinski definition) is 1. The van der Waals surface area contributed by atoms with Crippen LogP contribution in [0.2, 0.25) is 0 Å². The van der Waals surface area contributed by atoms with Gasteiger partial charge in [0, 0.05) is 11.1 Å². The zero-order valence-corrected chi connectivity index (χ0v) is 15.6. The van der Waals surface area contributed by atoms with Gasteiger partial charge < -0.3 is 19.9 Å². The molecule has 1 aromatic carbocycles. The van der Waals surface area contributed by atoms with Gasteiger partial charge in [-0.05, 0) is 13.8 Å². The van der Waals surface area contributed by atoms with Crippen LogP contribution in [-0.2, 0) is 23.8 Å². The Morgan fingerprint density at radius 1 is 1.10 bits per heavy atom. The Labute approximate surface area is 165 Å². The van der Waals surface area contributed by atoms with E-state index in [-0.39, 0.29) is 24.3 Å². The number of nitrogens with zero attached hydrogens (tertiary/aromatic N) is 1. The molecule has 0 radical (unpaired) electrons. The van der Waals surface area contributed by atoms with Crippen LogP contribution in [0.4, 0.5) is 0 Å². The normalized spacial score (nSPS) is 20.3. The Kier molecular flexibility index (Phi) is 4.95. The summed E-state index contributed by atoms with van der Waals surface area (Å²) < 4.78 is 15.2. The molecule has 0 saturated carbocycles. The van der Waals surface area contributed by atoms with Crippen molar-refractivity contribution in [2.45, 2.75) is 13.8 Å². The van der Waals surface area contributed by atoms with Crippen LogP contribution < -0.4 is 5.73 Å². The van der Waals surface area contributed by atoms with Gasteiger partial charge in [-0.1, -0.05) is 24.3 Å². The number of ether oxygens (including phenoxy) is 3. The predicted molar refractivity (Wildman–Crippen MR) is 95.7 cm³/mol. The molecular formula is C20H16N2O7. The average Bonchev–Trinajstić information content (AvgIpc) is 2.71. The van der Waals surface area contributed by atoms with Crippen molar-refractivity contribution in [2.75, 3.05) is 13.2 Å². The lowest BCUT2D eigenvalue weighted by Crippen LogP contribution is -2.48. The first-order valence-electron chi connectivity index (χ1n) is 8.71. The third-order valence-electron chi connectivity index (χ3n) is 4.51. The number of rotatable bonds is 4. The second-order valence-corrected chi connectivity index (χ2v) is 6.05. The first-order valence-corrected chi connectivity index (χ1v) is 8.71. The van der Waals surface area contributed by atoms with E-state index >= 15 is 0 Å². The molecule has 1 aromatic rings. The Morgan fingerprint density at radius 3 is 2.24 bits per heavy atom. The van der Waals surface area contributed by atoms with E-state index in [2.05, 4.69) is 0 Å². The van der Waals surface area contributed by atoms with Gasteiger partial charge in [0.1, 0.15) is 5.57 Å². The molecule has 148 valence electrons. The van der Waals surface area contributed by atoms with Crippen molar-refractivity contribution in [3.63, 3.8) is 0 Å². The van der Waals surface area contributed by atoms with E-state index in [1.807, 2.05) is 0 Å². The minimum absolute atomic E-state index is 0.0272. The smallest absolute Gasteiger partial charge is 0.342 e. The lowest BCUT2D eigenvalue weighted by molar-refractivity contribution is -0.152. The molecule has 3 rings (SSSR count). The second-order valence-electron chi connectivity index (χ2n) is 6.05. The summed E-state index contributed by atoms with van der Waals surface area (Å²) in [5, 5.41) is 10.0. The number of Topliss-reactive ketones (excluding diaryl/α,β-unsaturated/α-hetero) is 2. The molecule has 9 nitrogen and oxygen atoms in total. The first kappa shape index (κ1) is 19.8. The number of nitrogens with two attached hydrogens (primary N) is 1. The fourth-order valence-electron chi connectivity index (χ4n) is 3.32. The van der Waals surface area contributed by atoms with E-state index in [4.69, 9.17) is 19.9 Å². The maximum atomic E-state index is 13.2. The van der Waals surface area contributed by atoms with Gasteiger partial charge in [-0.15, -0.1) is 0 Å². The molecule has 0 aromatic heterocycles. The minimum atomic E-state index is -2.61. The van der Waals surface area contributed by atoms with Crippen molar-refractivity contribution in [1.82, 2.24) is 0 Å². The van der Waals surface area contributed by atoms with Crippen LogP contribution in [0.5, 0.6) is 0 Å². The highest BCUT2D eigenvalue weighted by Gasteiger charge is 2.61. The van der Waals surface area contributed by atoms with Gasteiger partial charge >= 0.3 is 11.9 Å². The largest absolute Gasteiger partial charge is 0.464 e. The SMILES string of the molecule is CCOC(=O)C1=C(N)OC2=C(C(=O)c3ccccc3C2=O)C1(C#N)C(=O)OCC. The van der Waals surface area contributed by atoms with Crippen molar-refractivity contribution in [2.24, 2.45) is 11.1 Å². The van der Waals surface area contributed by atoms with Crippen LogP contribution in [0.3, 0.4) is 0 Å². The monoisotopic (exact) mass is 396 g/mol. The van der Waals surface area contributed by atoms with Crippen molar-refractivity contribution in [3.8, 4) is 6.07 Å². The Morgan fingerprint density at radius 2 is 1.69 bits per heavy atom. The van der Waals surface area contributed by atoms with Gasteiger partial charge in [-0.25, -0.2) is 9.59 Å². The van der Waals surface area contributed by atoms with Crippen molar-refractivity contribution in [1.29, 1.82) is 5.26 Å². The fraction of sp³-hybridized carbons (Fsp3) is 0.250. The summed E-state index contributed by atoms with van der Waals surface area (Å²) in [5.41, 5.74) is 1.90. The zero-order chi connectivity index (χ0) is 21.3. The number of esters is 2. The number of allylic oxidation sites excluding steroid dienone is 1. The summed E-state index contributed by atoms with van der Waals surface area (Å²) in [6.45, 7) is 2.74. The highest BCUT2D eigenvalue weighted by Crippen LogP contribution is 2.48. The standard InChI is InChI=1S/C20H16N2O7/c1-3-27-18(25)13-17(22)29-16-12(20(13,9-21)19(26)28-4-2)14(23)10-7-5-6-8-11(10)15(16)24/h5-8H,3-4,22H2,1-2H3. The van der Waals surface area contributed by atoms with Crippen molar-refractivity contribution >= 4 is 23.5 Å². The van der Waals surface area contributed by atoms with Crippen LogP contribution in [0.25, 0.3) is 0 Å². The highest BCUT2D eigenvalue weighted by atomic mass is 16.5. The molecule has 2 aliphatic rings. The lowest BCUT2D eigenvalue weighted by Gasteiger charge is -2.35. The van der Waals surface area contributed by atoms with Gasteiger partial charge in [-0.3, -0.25) is 9.59 Å². The van der Waals surface area contributed by atoms with E-state index in [1.54, 1.807) is 12.1 Å². The van der Waals surface area contributed by atoms with Gasteiger partial charge in [0.05, 0.1) is 24.9 Å². The number of carbonyl (C=O) groups is 4. The molecule has 29 heavy (non-hydrogen) atoms. The fourth-order valence-corrected chi connectivity index (χ4v) is 3.32. The third kappa shape index (κ3) is 2.69. The van der Waals surface area contributed by atoms with Crippen molar-refractivity contribution in [3.05, 3.63) is 58.2 Å². The molecule has 1 atom stereocenters. The predicted octanol–water partition coefficient (Wildman–Crippen LogP) is 1.16. The molecule has 9 heteroatoms. The molecule has 1 unspecified atom stereocenters. The number of benzene rings is 1. The number of fused-ring (bicyclic) bond motifs is 1. The van der Waals surface area contributed by atoms with E-state index in [0.29, 0.717) is 0 Å². The quantitative estimate of drug-likeness (QED) is 0.741. The highest BCUT2D eigenvalue weighted by molar-refractivity contribution is 6.29. The third-order valence-corrected chi connectivity index (χ3v) is 4.51. The van der Waals surface area contributed by atoms with Crippen LogP contribution in [0.1, 0.15) is 34.6 Å². The minimum Gasteiger partial charge on any atom is -0.464 e. The Balaban J connectivity index is 2.36. The zero-order valence-electron chi connectivity index (χ0n) is 15.6. The maximum absolute atomic E-state index is 13.2. The van der Waals surface area contributed by atoms with Gasteiger partial charge in [0.2, 0.25) is 17.1 Å². The molecule has 1 aliphatic heterocycles. The van der Waals surface area contributed by atoms with Crippen molar-refractivity contribution < 1.29 is 33.4 Å². The van der Waals surface area contributed by atoms with E-state index in [9.17, 15) is 24.4 Å². The van der Waals surface area contributed by atoms with E-state index in [1.165, 1.54) is 32.0 Å². The lowest BCUT2D eigenvalue weighted by atomic mass is 9.67. The second kappa shape index (κ2) is 7.24. The number of carbonyl (C=O) groups excluding carboxylic acids is 4. The molecule has 0 amide bonds. The van der Waals surface area contributed by atoms with E-state index < -0.39 is 51.7 Å². The molecular weight excluding hydrogens is 380 g/mol. The summed E-state index contributed by atoms with van der Waals surface area (Å²) in [7, 11) is 0. The number of hydrogen-bond acceptors (Lipinski definition) is 9. The van der Waals surface area contributed by atoms with Gasteiger partial charge in [0.25, 0.3) is 0 Å². The molecule has 0 fully saturated rings. The topological polar surface area (TPSA) is 146 Å². The molecule has 0 spiro atoms. The molecule has 1 heterocycles. The Bertz CT molecular complexity index is 1060. The number of nitriles is 1. The van der Waals surface area contributed by atoms with Crippen LogP contribution in [0, 0.1) is 16.7 Å². The van der Waals surface area contributed by atoms with Gasteiger partial charge in [-0.2, -0.15) is 5.26 Å². The van der Waals surface area contributed by atoms with Crippen LogP contribution >= 0.6 is 0 Å². The van der Waals surface area contributed by atoms with Gasteiger partial charge in [0.15, 0.2) is 11.5 Å². The summed E-state index contributed by atoms with van der Waals surface area (Å²) >= 11 is 0.